The summed E-state index contributed by atoms with van der Waals surface area (Å²) in [6.45, 7) is 14.4. The van der Waals surface area contributed by atoms with Crippen LogP contribution >= 0.6 is 0 Å². The Hall–Kier alpha value is -6.27. The molecule has 0 bridgehead atoms. The predicted octanol–water partition coefficient (Wildman–Crippen LogP) is 3.06. The summed E-state index contributed by atoms with van der Waals surface area (Å²) in [5.41, 5.74) is 3.57. The molecule has 1 aliphatic carbocycles. The average molecular weight is 1000 g/mol. The van der Waals surface area contributed by atoms with Crippen LogP contribution in [-0.4, -0.2) is 198 Å². The topological polar surface area (TPSA) is 240 Å². The van der Waals surface area contributed by atoms with Crippen LogP contribution in [-0.2, 0) is 33.3 Å². The van der Waals surface area contributed by atoms with Gasteiger partial charge in [0, 0.05) is 82.4 Å². The molecule has 388 valence electrons. The maximum absolute atomic E-state index is 14.8. The van der Waals surface area contributed by atoms with Gasteiger partial charge in [-0.2, -0.15) is 0 Å². The van der Waals surface area contributed by atoms with Crippen molar-refractivity contribution < 1.29 is 52.0 Å². The number of amides is 5. The normalized spacial score (nSPS) is 17.8. The van der Waals surface area contributed by atoms with E-state index in [9.17, 15) is 28.4 Å². The van der Waals surface area contributed by atoms with Crippen LogP contribution in [0.1, 0.15) is 68.0 Å². The molecule has 2 atom stereocenters. The van der Waals surface area contributed by atoms with Gasteiger partial charge < -0.3 is 45.0 Å². The van der Waals surface area contributed by atoms with Gasteiger partial charge in [-0.05, 0) is 62.7 Å². The first-order chi connectivity index (χ1) is 35.1. The van der Waals surface area contributed by atoms with Crippen molar-refractivity contribution in [2.75, 3.05) is 134 Å². The van der Waals surface area contributed by atoms with Crippen molar-refractivity contribution in [2.24, 2.45) is 4.99 Å². The van der Waals surface area contributed by atoms with Gasteiger partial charge in [-0.15, -0.1) is 0 Å². The second-order valence-electron chi connectivity index (χ2n) is 17.7. The van der Waals surface area contributed by atoms with Gasteiger partial charge in [-0.3, -0.25) is 49.0 Å². The van der Waals surface area contributed by atoms with Crippen molar-refractivity contribution in [2.45, 2.75) is 50.9 Å². The van der Waals surface area contributed by atoms with Crippen LogP contribution in [0.2, 0.25) is 0 Å². The molecule has 3 aliphatic heterocycles. The highest BCUT2D eigenvalue weighted by Crippen LogP contribution is 2.33. The molecule has 22 heteroatoms. The van der Waals surface area contributed by atoms with E-state index in [4.69, 9.17) is 23.7 Å². The van der Waals surface area contributed by atoms with Gasteiger partial charge in [0.25, 0.3) is 17.7 Å². The summed E-state index contributed by atoms with van der Waals surface area (Å²) in [4.78, 5) is 81.7. The number of imide groups is 2. The fourth-order valence-electron chi connectivity index (χ4n) is 8.18. The molecule has 0 radical (unpaired) electrons. The zero-order valence-corrected chi connectivity index (χ0v) is 40.8. The van der Waals surface area contributed by atoms with E-state index < -0.39 is 41.7 Å². The lowest BCUT2D eigenvalue weighted by Gasteiger charge is -2.34. The average Bonchev–Trinajstić information content (AvgIpc) is 4.16. The summed E-state index contributed by atoms with van der Waals surface area (Å²) in [7, 11) is 0. The number of benzene rings is 1. The van der Waals surface area contributed by atoms with E-state index >= 15 is 0 Å². The molecule has 2 saturated heterocycles. The van der Waals surface area contributed by atoms with Crippen LogP contribution in [0, 0.1) is 6.92 Å². The number of rotatable bonds is 31. The number of pyridine rings is 2. The van der Waals surface area contributed by atoms with E-state index in [0.717, 1.165) is 61.7 Å². The monoisotopic (exact) mass is 999 g/mol. The summed E-state index contributed by atoms with van der Waals surface area (Å²) in [5, 5.41) is 14.6. The van der Waals surface area contributed by atoms with Crippen LogP contribution in [0.15, 0.2) is 53.8 Å². The molecule has 72 heavy (non-hydrogen) atoms. The molecule has 3 aromatic rings. The van der Waals surface area contributed by atoms with Crippen molar-refractivity contribution in [3.8, 4) is 0 Å². The molecular weight excluding hydrogens is 934 g/mol. The first-order valence-electron chi connectivity index (χ1n) is 24.6. The van der Waals surface area contributed by atoms with Crippen molar-refractivity contribution in [3.63, 3.8) is 0 Å². The van der Waals surface area contributed by atoms with Crippen LogP contribution in [0.25, 0.3) is 6.08 Å². The summed E-state index contributed by atoms with van der Waals surface area (Å²) in [6.07, 6.45) is 5.64. The number of nitrogens with zero attached hydrogens (tertiary/aromatic N) is 6. The molecule has 4 aliphatic rings. The van der Waals surface area contributed by atoms with Gasteiger partial charge >= 0.3 is 0 Å². The molecule has 5 N–H and O–H groups in total. The lowest BCUT2D eigenvalue weighted by atomic mass is 10.0. The second-order valence-corrected chi connectivity index (χ2v) is 17.7. The maximum atomic E-state index is 14.8. The number of nitrogens with one attached hydrogen (secondary N) is 5. The third-order valence-corrected chi connectivity index (χ3v) is 12.3. The van der Waals surface area contributed by atoms with Crippen LogP contribution in [0.4, 0.5) is 27.4 Å². The molecule has 2 aromatic heterocycles. The highest BCUT2D eigenvalue weighted by Gasteiger charge is 2.45. The lowest BCUT2D eigenvalue weighted by Crippen LogP contribution is -2.54. The summed E-state index contributed by atoms with van der Waals surface area (Å²) in [6, 6.07) is 9.72. The van der Waals surface area contributed by atoms with E-state index in [0.29, 0.717) is 101 Å². The van der Waals surface area contributed by atoms with Gasteiger partial charge in [-0.25, -0.2) is 14.4 Å². The number of fused-ring (bicyclic) bond motifs is 1. The molecule has 1 aromatic carbocycles. The van der Waals surface area contributed by atoms with Crippen molar-refractivity contribution in [3.05, 3.63) is 76.7 Å². The van der Waals surface area contributed by atoms with E-state index in [1.807, 2.05) is 19.1 Å². The number of hydrogen-bond acceptors (Lipinski definition) is 18. The van der Waals surface area contributed by atoms with E-state index in [2.05, 4.69) is 58.1 Å². The van der Waals surface area contributed by atoms with Gasteiger partial charge in [0.2, 0.25) is 11.8 Å². The van der Waals surface area contributed by atoms with Crippen molar-refractivity contribution >= 4 is 65.3 Å². The van der Waals surface area contributed by atoms with Crippen molar-refractivity contribution in [1.82, 2.24) is 35.3 Å². The van der Waals surface area contributed by atoms with Crippen LogP contribution in [0.3, 0.4) is 0 Å². The van der Waals surface area contributed by atoms with E-state index in [1.54, 1.807) is 36.5 Å². The Kier molecular flexibility index (Phi) is 20.5. The number of piperazine rings is 1. The second kappa shape index (κ2) is 27.5. The minimum atomic E-state index is -1.36. The molecule has 21 nitrogen and oxygen atoms in total. The number of carbonyl (C=O) groups is 5. The smallest absolute Gasteiger partial charge is 0.264 e. The first kappa shape index (κ1) is 53.5. The summed E-state index contributed by atoms with van der Waals surface area (Å²) in [5.74, 6) is -1.51. The first-order valence-corrected chi connectivity index (χ1v) is 24.6. The largest absolute Gasteiger partial charge is 0.382 e. The SMILES string of the molecule is C=N/C=C\c1nc(Nc2cc(NC3CC3)c(C(=O)NCC(F)COCCN3CCN(CCOCCOCCOCCOCCNc4cccc5c4C(=O)N(C4CCC(=O)NC4=O)C5=O)CC3)cn2)ccc1C. The molecule has 1 saturated carbocycles. The Morgan fingerprint density at radius 3 is 2.22 bits per heavy atom. The molecular formula is C50H66FN11O10. The molecule has 2 unspecified atom stereocenters. The Labute approximate surface area is 418 Å². The molecule has 7 rings (SSSR count). The quantitative estimate of drug-likeness (QED) is 0.0354. The molecule has 5 amide bonds. The maximum Gasteiger partial charge on any atom is 0.264 e. The molecule has 5 heterocycles. The highest BCUT2D eigenvalue weighted by atomic mass is 19.1. The summed E-state index contributed by atoms with van der Waals surface area (Å²) >= 11 is 0. The summed E-state index contributed by atoms with van der Waals surface area (Å²) < 4.78 is 43.1. The van der Waals surface area contributed by atoms with Crippen LogP contribution < -0.4 is 26.6 Å². The Bertz CT molecular complexity index is 2380. The zero-order chi connectivity index (χ0) is 50.7. The fraction of sp³-hybridized carbons (Fsp3) is 0.520. The molecule has 3 fully saturated rings. The van der Waals surface area contributed by atoms with Gasteiger partial charge in [0.1, 0.15) is 23.8 Å². The number of ether oxygens (including phenoxy) is 5. The minimum Gasteiger partial charge on any atom is -0.382 e. The van der Waals surface area contributed by atoms with E-state index in [-0.39, 0.29) is 43.2 Å². The van der Waals surface area contributed by atoms with Crippen molar-refractivity contribution in [1.29, 1.82) is 0 Å². The Balaban J connectivity index is 0.656. The number of carbonyl (C=O) groups excluding carboxylic acids is 5. The Morgan fingerprint density at radius 1 is 0.861 bits per heavy atom. The third kappa shape index (κ3) is 15.9. The van der Waals surface area contributed by atoms with Gasteiger partial charge in [-0.1, -0.05) is 12.1 Å². The Morgan fingerprint density at radius 2 is 1.54 bits per heavy atom. The number of aryl methyl sites for hydroxylation is 1. The van der Waals surface area contributed by atoms with E-state index in [1.165, 1.54) is 6.20 Å². The van der Waals surface area contributed by atoms with Crippen LogP contribution in [0.5, 0.6) is 0 Å². The lowest BCUT2D eigenvalue weighted by molar-refractivity contribution is -0.136. The number of hydrogen-bond donors (Lipinski definition) is 5. The number of alkyl halides is 1. The number of aliphatic imine (C=N–C) groups is 1. The van der Waals surface area contributed by atoms with Gasteiger partial charge in [0.05, 0.1) is 101 Å². The number of anilines is 4. The number of piperidine rings is 1. The fourth-order valence-corrected chi connectivity index (χ4v) is 8.18. The number of aromatic nitrogens is 2. The van der Waals surface area contributed by atoms with Gasteiger partial charge in [0.15, 0.2) is 0 Å². The predicted molar refractivity (Wildman–Crippen MR) is 268 cm³/mol. The number of halogens is 1. The molecule has 0 spiro atoms. The third-order valence-electron chi connectivity index (χ3n) is 12.3. The minimum absolute atomic E-state index is 0.0580. The standard InChI is InChI=1S/C50H66FN11O10/c1-34-6-10-43(57-39(34)12-13-52-2)58-44-30-41(56-36-7-8-36)38(32-54-44)47(64)55-31-35(51)33-72-23-20-61-17-15-60(16-18-61)19-22-69-25-27-71-29-28-70-26-24-68-21-14-53-40-5-3-4-37-46(40)50(67)62(49(37)66)42-9-11-45(63)59-48(42)65/h3-6,10,12-13,30,32,35-36,42,53H,2,7-9,11,14-29,31,33H2,1H3,(H,55,64)(H,59,63,65)(H2,54,56,57,58)/b13-12-. The zero-order valence-electron chi connectivity index (χ0n) is 40.8. The highest BCUT2D eigenvalue weighted by molar-refractivity contribution is 6.25.